The monoisotopic (exact) mass is 236 g/mol. The standard InChI is InChI=1S/C13H20N2O2/c1-10(2)7-8-17-13-11(9-15-14)5-4-6-12(13)16-3/h4-6,9-10H,7-8,14H2,1-3H3. The molecule has 0 unspecified atom stereocenters. The van der Waals surface area contributed by atoms with Gasteiger partial charge in [0, 0.05) is 5.56 Å². The van der Waals surface area contributed by atoms with E-state index in [2.05, 4.69) is 18.9 Å². The molecule has 1 aromatic carbocycles. The molecule has 0 aliphatic carbocycles. The third kappa shape index (κ3) is 3.98. The van der Waals surface area contributed by atoms with Crippen LogP contribution in [0.2, 0.25) is 0 Å². The summed E-state index contributed by atoms with van der Waals surface area (Å²) in [6.45, 7) is 4.98. The highest BCUT2D eigenvalue weighted by Gasteiger charge is 2.09. The Balaban J connectivity index is 2.85. The van der Waals surface area contributed by atoms with Crippen molar-refractivity contribution in [3.8, 4) is 11.5 Å². The van der Waals surface area contributed by atoms with Crippen LogP contribution in [0.3, 0.4) is 0 Å². The van der Waals surface area contributed by atoms with Gasteiger partial charge in [0.05, 0.1) is 19.9 Å². The average molecular weight is 236 g/mol. The van der Waals surface area contributed by atoms with E-state index in [4.69, 9.17) is 15.3 Å². The van der Waals surface area contributed by atoms with Gasteiger partial charge in [-0.25, -0.2) is 0 Å². The Bertz CT molecular complexity index is 376. The number of hydrazone groups is 1. The van der Waals surface area contributed by atoms with Crippen LogP contribution in [0.4, 0.5) is 0 Å². The maximum absolute atomic E-state index is 5.75. The van der Waals surface area contributed by atoms with Gasteiger partial charge < -0.3 is 15.3 Å². The molecule has 0 radical (unpaired) electrons. The van der Waals surface area contributed by atoms with Crippen LogP contribution >= 0.6 is 0 Å². The SMILES string of the molecule is COc1cccc(C=NN)c1OCCC(C)C. The molecule has 0 aliphatic rings. The van der Waals surface area contributed by atoms with Crippen molar-refractivity contribution < 1.29 is 9.47 Å². The molecular formula is C13H20N2O2. The summed E-state index contributed by atoms with van der Waals surface area (Å²) < 4.78 is 11.0. The number of benzene rings is 1. The van der Waals surface area contributed by atoms with Crippen molar-refractivity contribution in [3.63, 3.8) is 0 Å². The molecule has 0 heterocycles. The van der Waals surface area contributed by atoms with Crippen LogP contribution in [0, 0.1) is 5.92 Å². The van der Waals surface area contributed by atoms with E-state index in [0.29, 0.717) is 24.0 Å². The molecule has 0 saturated carbocycles. The molecule has 0 amide bonds. The van der Waals surface area contributed by atoms with Crippen LogP contribution in [0.1, 0.15) is 25.8 Å². The van der Waals surface area contributed by atoms with Gasteiger partial charge in [0.1, 0.15) is 0 Å². The Morgan fingerprint density at radius 1 is 1.41 bits per heavy atom. The summed E-state index contributed by atoms with van der Waals surface area (Å²) in [5.41, 5.74) is 0.829. The summed E-state index contributed by atoms with van der Waals surface area (Å²) >= 11 is 0. The average Bonchev–Trinajstić information content (AvgIpc) is 2.30. The third-order valence-electron chi connectivity index (χ3n) is 2.38. The van der Waals surface area contributed by atoms with Gasteiger partial charge in [0.25, 0.3) is 0 Å². The Hall–Kier alpha value is -1.71. The Morgan fingerprint density at radius 2 is 2.18 bits per heavy atom. The smallest absolute Gasteiger partial charge is 0.169 e. The van der Waals surface area contributed by atoms with Crippen LogP contribution < -0.4 is 15.3 Å². The van der Waals surface area contributed by atoms with Crippen LogP contribution in [0.5, 0.6) is 11.5 Å². The van der Waals surface area contributed by atoms with E-state index in [1.807, 2.05) is 18.2 Å². The van der Waals surface area contributed by atoms with Crippen molar-refractivity contribution in [1.82, 2.24) is 0 Å². The Morgan fingerprint density at radius 3 is 2.76 bits per heavy atom. The summed E-state index contributed by atoms with van der Waals surface area (Å²) in [5.74, 6) is 7.18. The van der Waals surface area contributed by atoms with Crippen LogP contribution in [-0.4, -0.2) is 19.9 Å². The first-order valence-electron chi connectivity index (χ1n) is 5.72. The molecule has 0 fully saturated rings. The highest BCUT2D eigenvalue weighted by molar-refractivity contribution is 5.84. The van der Waals surface area contributed by atoms with Crippen LogP contribution in [0.15, 0.2) is 23.3 Å². The number of hydrogen-bond acceptors (Lipinski definition) is 4. The summed E-state index contributed by atoms with van der Waals surface area (Å²) in [6.07, 6.45) is 2.56. The molecule has 0 saturated heterocycles. The second-order valence-corrected chi connectivity index (χ2v) is 4.19. The van der Waals surface area contributed by atoms with Gasteiger partial charge in [-0.15, -0.1) is 0 Å². The lowest BCUT2D eigenvalue weighted by molar-refractivity contribution is 0.272. The van der Waals surface area contributed by atoms with Crippen molar-refractivity contribution in [2.75, 3.05) is 13.7 Å². The van der Waals surface area contributed by atoms with Crippen molar-refractivity contribution in [2.45, 2.75) is 20.3 Å². The van der Waals surface area contributed by atoms with Crippen molar-refractivity contribution in [1.29, 1.82) is 0 Å². The zero-order valence-corrected chi connectivity index (χ0v) is 10.6. The van der Waals surface area contributed by atoms with Gasteiger partial charge in [0.15, 0.2) is 11.5 Å². The fourth-order valence-corrected chi connectivity index (χ4v) is 1.43. The highest BCUT2D eigenvalue weighted by Crippen LogP contribution is 2.30. The zero-order chi connectivity index (χ0) is 12.7. The normalized spacial score (nSPS) is 11.1. The van der Waals surface area contributed by atoms with Gasteiger partial charge >= 0.3 is 0 Å². The molecule has 17 heavy (non-hydrogen) atoms. The number of rotatable bonds is 6. The zero-order valence-electron chi connectivity index (χ0n) is 10.6. The third-order valence-corrected chi connectivity index (χ3v) is 2.38. The van der Waals surface area contributed by atoms with E-state index < -0.39 is 0 Å². The second-order valence-electron chi connectivity index (χ2n) is 4.19. The first-order valence-corrected chi connectivity index (χ1v) is 5.72. The molecule has 0 aliphatic heterocycles. The molecule has 0 atom stereocenters. The molecule has 0 bridgehead atoms. The number of hydrogen-bond donors (Lipinski definition) is 1. The number of ether oxygens (including phenoxy) is 2. The molecule has 1 rings (SSSR count). The number of para-hydroxylation sites is 1. The lowest BCUT2D eigenvalue weighted by atomic mass is 10.1. The minimum absolute atomic E-state index is 0.608. The molecule has 2 N–H and O–H groups in total. The summed E-state index contributed by atoms with van der Waals surface area (Å²) in [7, 11) is 1.62. The van der Waals surface area contributed by atoms with Gasteiger partial charge in [-0.3, -0.25) is 0 Å². The van der Waals surface area contributed by atoms with E-state index in [9.17, 15) is 0 Å². The highest BCUT2D eigenvalue weighted by atomic mass is 16.5. The summed E-state index contributed by atoms with van der Waals surface area (Å²) in [4.78, 5) is 0. The molecule has 1 aromatic rings. The van der Waals surface area contributed by atoms with E-state index in [1.165, 1.54) is 0 Å². The van der Waals surface area contributed by atoms with Gasteiger partial charge in [0.2, 0.25) is 0 Å². The molecule has 4 nitrogen and oxygen atoms in total. The second kappa shape index (κ2) is 6.78. The summed E-state index contributed by atoms with van der Waals surface area (Å²) in [5, 5.41) is 3.52. The van der Waals surface area contributed by atoms with Crippen molar-refractivity contribution in [3.05, 3.63) is 23.8 Å². The Labute approximate surface area is 102 Å². The summed E-state index contributed by atoms with van der Waals surface area (Å²) in [6, 6.07) is 5.63. The maximum Gasteiger partial charge on any atom is 0.169 e. The Kier molecular flexibility index (Phi) is 5.33. The number of nitrogens with two attached hydrogens (primary N) is 1. The number of nitrogens with zero attached hydrogens (tertiary/aromatic N) is 1. The minimum Gasteiger partial charge on any atom is -0.493 e. The van der Waals surface area contributed by atoms with E-state index in [-0.39, 0.29) is 0 Å². The van der Waals surface area contributed by atoms with E-state index >= 15 is 0 Å². The molecule has 94 valence electrons. The molecule has 4 heteroatoms. The minimum atomic E-state index is 0.608. The van der Waals surface area contributed by atoms with E-state index in [0.717, 1.165) is 12.0 Å². The molecule has 0 spiro atoms. The first-order chi connectivity index (χ1) is 8.19. The fourth-order valence-electron chi connectivity index (χ4n) is 1.43. The lowest BCUT2D eigenvalue weighted by Crippen LogP contribution is -2.05. The number of methoxy groups -OCH3 is 1. The molecule has 0 aromatic heterocycles. The fraction of sp³-hybridized carbons (Fsp3) is 0.462. The van der Waals surface area contributed by atoms with Gasteiger partial charge in [-0.2, -0.15) is 5.10 Å². The largest absolute Gasteiger partial charge is 0.493 e. The lowest BCUT2D eigenvalue weighted by Gasteiger charge is -2.13. The van der Waals surface area contributed by atoms with Crippen molar-refractivity contribution in [2.24, 2.45) is 16.9 Å². The van der Waals surface area contributed by atoms with E-state index in [1.54, 1.807) is 13.3 Å². The predicted octanol–water partition coefficient (Wildman–Crippen LogP) is 2.41. The van der Waals surface area contributed by atoms with Gasteiger partial charge in [-0.1, -0.05) is 19.9 Å². The topological polar surface area (TPSA) is 56.8 Å². The molecular weight excluding hydrogens is 216 g/mol. The van der Waals surface area contributed by atoms with Crippen LogP contribution in [-0.2, 0) is 0 Å². The van der Waals surface area contributed by atoms with Crippen LogP contribution in [0.25, 0.3) is 0 Å². The van der Waals surface area contributed by atoms with Gasteiger partial charge in [-0.05, 0) is 24.5 Å². The maximum atomic E-state index is 5.75. The quantitative estimate of drug-likeness (QED) is 0.469. The predicted molar refractivity (Wildman–Crippen MR) is 69.7 cm³/mol. The first kappa shape index (κ1) is 13.4. The van der Waals surface area contributed by atoms with Crippen molar-refractivity contribution >= 4 is 6.21 Å².